The van der Waals surface area contributed by atoms with E-state index >= 15 is 0 Å². The van der Waals surface area contributed by atoms with E-state index in [-0.39, 0.29) is 23.2 Å². The first-order valence-corrected chi connectivity index (χ1v) is 9.40. The van der Waals surface area contributed by atoms with E-state index in [2.05, 4.69) is 55.6 Å². The number of hydrogen-bond donors (Lipinski definition) is 1. The van der Waals surface area contributed by atoms with Crippen LogP contribution in [0.1, 0.15) is 49.8 Å². The highest BCUT2D eigenvalue weighted by atomic mass is 35.5. The molecule has 136 valence electrons. The van der Waals surface area contributed by atoms with Gasteiger partial charge in [0.15, 0.2) is 0 Å². The molecule has 3 rings (SSSR count). The summed E-state index contributed by atoms with van der Waals surface area (Å²) in [6, 6.07) is 13.7. The third kappa shape index (κ3) is 4.46. The fourth-order valence-corrected chi connectivity index (χ4v) is 3.40. The number of halogens is 2. The van der Waals surface area contributed by atoms with E-state index in [1.54, 1.807) is 18.2 Å². The predicted octanol–water partition coefficient (Wildman–Crippen LogP) is 5.54. The molecule has 0 aromatic heterocycles. The number of carbonyl (C=O) groups excluding carboxylic acids is 1. The van der Waals surface area contributed by atoms with Gasteiger partial charge in [-0.25, -0.2) is 5.43 Å². The lowest BCUT2D eigenvalue weighted by Crippen LogP contribution is -2.20. The number of nitrogens with zero attached hydrogens (tertiary/aromatic N) is 1. The van der Waals surface area contributed by atoms with Crippen LogP contribution in [0.3, 0.4) is 0 Å². The van der Waals surface area contributed by atoms with Crippen LogP contribution in [0.25, 0.3) is 0 Å². The third-order valence-corrected chi connectivity index (χ3v) is 5.24. The summed E-state index contributed by atoms with van der Waals surface area (Å²) in [5.74, 6) is 0.197. The highest BCUT2D eigenvalue weighted by Gasteiger charge is 2.43. The van der Waals surface area contributed by atoms with Gasteiger partial charge in [-0.15, -0.1) is 0 Å². The van der Waals surface area contributed by atoms with Crippen molar-refractivity contribution in [1.82, 2.24) is 5.43 Å². The standard InChI is InChI=1S/C21H22Cl2N2O/c1-21(2,3)15-7-4-13(5-8-15)17-11-18(17)20(26)25-24-12-14-6-9-16(22)10-19(14)23/h4-10,12,17-18H,11H2,1-3H3,(H,25,26)/t17-,18+/m0/s1. The smallest absolute Gasteiger partial charge is 0.243 e. The first-order chi connectivity index (χ1) is 12.3. The summed E-state index contributed by atoms with van der Waals surface area (Å²) in [6.45, 7) is 6.58. The molecule has 0 aliphatic heterocycles. The number of hydrazone groups is 1. The molecule has 2 atom stereocenters. The van der Waals surface area contributed by atoms with Gasteiger partial charge in [0.2, 0.25) is 5.91 Å². The number of carbonyl (C=O) groups is 1. The fourth-order valence-electron chi connectivity index (χ4n) is 2.94. The maximum Gasteiger partial charge on any atom is 0.243 e. The van der Waals surface area contributed by atoms with Crippen molar-refractivity contribution in [2.75, 3.05) is 0 Å². The van der Waals surface area contributed by atoms with Crippen molar-refractivity contribution in [2.45, 2.75) is 38.5 Å². The van der Waals surface area contributed by atoms with Crippen LogP contribution in [-0.4, -0.2) is 12.1 Å². The second-order valence-corrected chi connectivity index (χ2v) is 8.56. The largest absolute Gasteiger partial charge is 0.273 e. The Morgan fingerprint density at radius 2 is 1.85 bits per heavy atom. The van der Waals surface area contributed by atoms with Crippen molar-refractivity contribution in [3.8, 4) is 0 Å². The van der Waals surface area contributed by atoms with Crippen LogP contribution in [-0.2, 0) is 10.2 Å². The molecule has 1 amide bonds. The number of nitrogens with one attached hydrogen (secondary N) is 1. The topological polar surface area (TPSA) is 41.5 Å². The minimum Gasteiger partial charge on any atom is -0.273 e. The maximum atomic E-state index is 12.3. The van der Waals surface area contributed by atoms with E-state index in [1.807, 2.05) is 0 Å². The summed E-state index contributed by atoms with van der Waals surface area (Å²) in [5, 5.41) is 5.08. The van der Waals surface area contributed by atoms with Crippen LogP contribution in [0.5, 0.6) is 0 Å². The average Bonchev–Trinajstić information content (AvgIpc) is 3.37. The predicted molar refractivity (Wildman–Crippen MR) is 108 cm³/mol. The molecule has 0 heterocycles. The molecule has 1 aliphatic rings. The van der Waals surface area contributed by atoms with Gasteiger partial charge >= 0.3 is 0 Å². The quantitative estimate of drug-likeness (QED) is 0.541. The fraction of sp³-hybridized carbons (Fsp3) is 0.333. The number of amides is 1. The van der Waals surface area contributed by atoms with Gasteiger partial charge in [0.25, 0.3) is 0 Å². The van der Waals surface area contributed by atoms with E-state index in [4.69, 9.17) is 23.2 Å². The zero-order valence-corrected chi connectivity index (χ0v) is 16.6. The van der Waals surface area contributed by atoms with Crippen molar-refractivity contribution in [3.05, 3.63) is 69.2 Å². The number of rotatable bonds is 4. The molecule has 0 unspecified atom stereocenters. The summed E-state index contributed by atoms with van der Waals surface area (Å²) in [5.41, 5.74) is 5.96. The second kappa shape index (κ2) is 7.42. The molecule has 2 aromatic rings. The molecule has 2 aromatic carbocycles. The first kappa shape index (κ1) is 18.9. The Hall–Kier alpha value is -1.84. The van der Waals surface area contributed by atoms with Crippen LogP contribution in [0.2, 0.25) is 10.0 Å². The number of benzene rings is 2. The summed E-state index contributed by atoms with van der Waals surface area (Å²) in [4.78, 5) is 12.3. The van der Waals surface area contributed by atoms with E-state index < -0.39 is 0 Å². The van der Waals surface area contributed by atoms with Gasteiger partial charge in [-0.1, -0.05) is 74.3 Å². The van der Waals surface area contributed by atoms with Crippen LogP contribution in [0.4, 0.5) is 0 Å². The minimum atomic E-state index is -0.0590. The van der Waals surface area contributed by atoms with Crippen molar-refractivity contribution in [1.29, 1.82) is 0 Å². The zero-order chi connectivity index (χ0) is 18.9. The summed E-state index contributed by atoms with van der Waals surface area (Å²) < 4.78 is 0. The molecular formula is C21H22Cl2N2O. The SMILES string of the molecule is CC(C)(C)c1ccc([C@@H]2C[C@H]2C(=O)NN=Cc2ccc(Cl)cc2Cl)cc1. The summed E-state index contributed by atoms with van der Waals surface area (Å²) >= 11 is 11.9. The highest BCUT2D eigenvalue weighted by Crippen LogP contribution is 2.47. The van der Waals surface area contributed by atoms with E-state index in [9.17, 15) is 4.79 Å². The monoisotopic (exact) mass is 388 g/mol. The Balaban J connectivity index is 1.56. The Morgan fingerprint density at radius 1 is 1.15 bits per heavy atom. The zero-order valence-electron chi connectivity index (χ0n) is 15.1. The Labute approximate surface area is 164 Å². The Bertz CT molecular complexity index is 838. The molecule has 1 N–H and O–H groups in total. The summed E-state index contributed by atoms with van der Waals surface area (Å²) in [7, 11) is 0. The molecule has 5 heteroatoms. The van der Waals surface area contributed by atoms with Crippen LogP contribution < -0.4 is 5.43 Å². The van der Waals surface area contributed by atoms with E-state index in [0.717, 1.165) is 6.42 Å². The number of hydrogen-bond acceptors (Lipinski definition) is 2. The molecule has 0 bridgehead atoms. The highest BCUT2D eigenvalue weighted by molar-refractivity contribution is 6.36. The van der Waals surface area contributed by atoms with Crippen molar-refractivity contribution in [2.24, 2.45) is 11.0 Å². The first-order valence-electron chi connectivity index (χ1n) is 8.64. The lowest BCUT2D eigenvalue weighted by atomic mass is 9.86. The van der Waals surface area contributed by atoms with Crippen molar-refractivity contribution in [3.63, 3.8) is 0 Å². The third-order valence-electron chi connectivity index (χ3n) is 4.67. The molecule has 1 fully saturated rings. The van der Waals surface area contributed by atoms with E-state index in [1.165, 1.54) is 17.3 Å². The van der Waals surface area contributed by atoms with Gasteiger partial charge in [-0.2, -0.15) is 5.10 Å². The molecule has 0 spiro atoms. The van der Waals surface area contributed by atoms with Gasteiger partial charge in [-0.3, -0.25) is 4.79 Å². The maximum absolute atomic E-state index is 12.3. The molecule has 0 radical (unpaired) electrons. The minimum absolute atomic E-state index is 0.0201. The van der Waals surface area contributed by atoms with Gasteiger partial charge < -0.3 is 0 Å². The second-order valence-electron chi connectivity index (χ2n) is 7.72. The molecule has 1 aliphatic carbocycles. The molecule has 1 saturated carbocycles. The van der Waals surface area contributed by atoms with E-state index in [0.29, 0.717) is 15.6 Å². The molecular weight excluding hydrogens is 367 g/mol. The summed E-state index contributed by atoms with van der Waals surface area (Å²) in [6.07, 6.45) is 2.39. The van der Waals surface area contributed by atoms with Crippen LogP contribution >= 0.6 is 23.2 Å². The van der Waals surface area contributed by atoms with Crippen LogP contribution in [0.15, 0.2) is 47.6 Å². The molecule has 26 heavy (non-hydrogen) atoms. The van der Waals surface area contributed by atoms with Gasteiger partial charge in [0, 0.05) is 16.5 Å². The van der Waals surface area contributed by atoms with Gasteiger partial charge in [0.05, 0.1) is 11.2 Å². The molecule has 3 nitrogen and oxygen atoms in total. The normalized spacial score (nSPS) is 19.6. The lowest BCUT2D eigenvalue weighted by Gasteiger charge is -2.19. The Morgan fingerprint density at radius 3 is 2.46 bits per heavy atom. The van der Waals surface area contributed by atoms with Gasteiger partial charge in [-0.05, 0) is 41.0 Å². The van der Waals surface area contributed by atoms with Crippen molar-refractivity contribution < 1.29 is 4.79 Å². The average molecular weight is 389 g/mol. The Kier molecular flexibility index (Phi) is 5.40. The van der Waals surface area contributed by atoms with Crippen LogP contribution in [0, 0.1) is 5.92 Å². The lowest BCUT2D eigenvalue weighted by molar-refractivity contribution is -0.122. The van der Waals surface area contributed by atoms with Crippen molar-refractivity contribution >= 4 is 35.3 Å². The van der Waals surface area contributed by atoms with Gasteiger partial charge in [0.1, 0.15) is 0 Å². The molecule has 0 saturated heterocycles.